The zero-order chi connectivity index (χ0) is 19.1. The normalized spacial score (nSPS) is 15.8. The number of morpholine rings is 1. The second kappa shape index (κ2) is 7.27. The van der Waals surface area contributed by atoms with E-state index in [0.29, 0.717) is 0 Å². The summed E-state index contributed by atoms with van der Waals surface area (Å²) in [4.78, 5) is 13.1. The van der Waals surface area contributed by atoms with Gasteiger partial charge in [-0.25, -0.2) is 14.5 Å². The summed E-state index contributed by atoms with van der Waals surface area (Å²) < 4.78 is 9.59. The standard InChI is InChI=1S/C20H24N6OS/c1-14-15(2)25(7-4-6-24-8-10-27-11-9-24)19-17(14)20-22-18(16-5-3-12-28-16)23-26(20)13-21-19/h3,5,12-13H,4,6-11H2,1-2H3. The Morgan fingerprint density at radius 1 is 1.14 bits per heavy atom. The maximum Gasteiger partial charge on any atom is 0.192 e. The molecule has 0 aliphatic carbocycles. The monoisotopic (exact) mass is 396 g/mol. The van der Waals surface area contributed by atoms with Crippen molar-refractivity contribution in [3.63, 3.8) is 0 Å². The van der Waals surface area contributed by atoms with Gasteiger partial charge < -0.3 is 9.30 Å². The summed E-state index contributed by atoms with van der Waals surface area (Å²) in [5.74, 6) is 0.765. The lowest BCUT2D eigenvalue weighted by atomic mass is 10.2. The highest BCUT2D eigenvalue weighted by Crippen LogP contribution is 2.29. The molecule has 1 fully saturated rings. The minimum atomic E-state index is 0.765. The molecule has 4 aromatic rings. The average Bonchev–Trinajstić information content (AvgIpc) is 3.43. The van der Waals surface area contributed by atoms with E-state index in [0.717, 1.165) is 73.2 Å². The van der Waals surface area contributed by atoms with Crippen molar-refractivity contribution in [3.05, 3.63) is 35.1 Å². The first-order valence-electron chi connectivity index (χ1n) is 9.77. The zero-order valence-corrected chi connectivity index (χ0v) is 17.1. The molecule has 5 rings (SSSR count). The third-order valence-electron chi connectivity index (χ3n) is 5.65. The number of hydrogen-bond acceptors (Lipinski definition) is 6. The van der Waals surface area contributed by atoms with E-state index in [2.05, 4.69) is 39.9 Å². The maximum atomic E-state index is 5.44. The smallest absolute Gasteiger partial charge is 0.192 e. The molecule has 0 bridgehead atoms. The van der Waals surface area contributed by atoms with Gasteiger partial charge in [-0.3, -0.25) is 4.90 Å². The van der Waals surface area contributed by atoms with Crippen LogP contribution in [0, 0.1) is 13.8 Å². The summed E-state index contributed by atoms with van der Waals surface area (Å²) in [6.07, 6.45) is 2.89. The second-order valence-electron chi connectivity index (χ2n) is 7.29. The molecule has 4 aromatic heterocycles. The van der Waals surface area contributed by atoms with E-state index in [-0.39, 0.29) is 0 Å². The van der Waals surface area contributed by atoms with Crippen molar-refractivity contribution in [3.8, 4) is 10.7 Å². The Labute approximate surface area is 167 Å². The number of ether oxygens (including phenoxy) is 1. The highest BCUT2D eigenvalue weighted by Gasteiger charge is 2.19. The molecule has 0 aromatic carbocycles. The highest BCUT2D eigenvalue weighted by molar-refractivity contribution is 7.13. The van der Waals surface area contributed by atoms with E-state index >= 15 is 0 Å². The summed E-state index contributed by atoms with van der Waals surface area (Å²) >= 11 is 1.66. The lowest BCUT2D eigenvalue weighted by Crippen LogP contribution is -2.37. The van der Waals surface area contributed by atoms with Crippen LogP contribution in [0.15, 0.2) is 23.8 Å². The van der Waals surface area contributed by atoms with Crippen LogP contribution in [0.3, 0.4) is 0 Å². The van der Waals surface area contributed by atoms with Crippen molar-refractivity contribution in [2.75, 3.05) is 32.8 Å². The molecule has 0 N–H and O–H groups in total. The first-order chi connectivity index (χ1) is 13.7. The largest absolute Gasteiger partial charge is 0.379 e. The van der Waals surface area contributed by atoms with Gasteiger partial charge in [0.2, 0.25) is 0 Å². The topological polar surface area (TPSA) is 60.5 Å². The van der Waals surface area contributed by atoms with Gasteiger partial charge in [0.25, 0.3) is 0 Å². The molecule has 1 aliphatic heterocycles. The predicted octanol–water partition coefficient (Wildman–Crippen LogP) is 3.15. The third-order valence-corrected chi connectivity index (χ3v) is 6.51. The molecule has 146 valence electrons. The molecule has 0 saturated carbocycles. The van der Waals surface area contributed by atoms with Crippen molar-refractivity contribution in [1.29, 1.82) is 0 Å². The Bertz CT molecular complexity index is 1110. The van der Waals surface area contributed by atoms with Crippen LogP contribution in [-0.2, 0) is 11.3 Å². The van der Waals surface area contributed by atoms with Crippen LogP contribution in [0.5, 0.6) is 0 Å². The number of nitrogens with zero attached hydrogens (tertiary/aromatic N) is 6. The van der Waals surface area contributed by atoms with Crippen LogP contribution >= 0.6 is 11.3 Å². The molecular formula is C20H24N6OS. The Balaban J connectivity index is 1.48. The average molecular weight is 397 g/mol. The van der Waals surface area contributed by atoms with E-state index in [9.17, 15) is 0 Å². The van der Waals surface area contributed by atoms with Crippen LogP contribution in [0.1, 0.15) is 17.7 Å². The van der Waals surface area contributed by atoms with Crippen LogP contribution in [0.4, 0.5) is 0 Å². The molecule has 8 heteroatoms. The van der Waals surface area contributed by atoms with E-state index in [1.54, 1.807) is 17.7 Å². The predicted molar refractivity (Wildman–Crippen MR) is 111 cm³/mol. The molecule has 5 heterocycles. The highest BCUT2D eigenvalue weighted by atomic mass is 32.1. The number of thiophene rings is 1. The first-order valence-corrected chi connectivity index (χ1v) is 10.6. The third kappa shape index (κ3) is 3.01. The van der Waals surface area contributed by atoms with E-state index in [4.69, 9.17) is 14.7 Å². The quantitative estimate of drug-likeness (QED) is 0.519. The van der Waals surface area contributed by atoms with Crippen molar-refractivity contribution in [1.82, 2.24) is 29.0 Å². The fraction of sp³-hybridized carbons (Fsp3) is 0.450. The van der Waals surface area contributed by atoms with Crippen molar-refractivity contribution < 1.29 is 4.74 Å². The number of aromatic nitrogens is 5. The van der Waals surface area contributed by atoms with Gasteiger partial charge in [0.15, 0.2) is 11.5 Å². The molecule has 7 nitrogen and oxygen atoms in total. The number of fused-ring (bicyclic) bond motifs is 3. The molecule has 1 saturated heterocycles. The molecule has 0 amide bonds. The zero-order valence-electron chi connectivity index (χ0n) is 16.3. The summed E-state index contributed by atoms with van der Waals surface area (Å²) in [7, 11) is 0. The molecular weight excluding hydrogens is 372 g/mol. The van der Waals surface area contributed by atoms with Crippen molar-refractivity contribution in [2.24, 2.45) is 0 Å². The van der Waals surface area contributed by atoms with E-state index in [1.807, 2.05) is 10.6 Å². The summed E-state index contributed by atoms with van der Waals surface area (Å²) in [6, 6.07) is 4.08. The van der Waals surface area contributed by atoms with Crippen molar-refractivity contribution in [2.45, 2.75) is 26.8 Å². The Hall–Kier alpha value is -2.29. The summed E-state index contributed by atoms with van der Waals surface area (Å²) in [6.45, 7) is 10.2. The Kier molecular flexibility index (Phi) is 4.62. The summed E-state index contributed by atoms with van der Waals surface area (Å²) in [5, 5.41) is 7.80. The Morgan fingerprint density at radius 2 is 2.00 bits per heavy atom. The van der Waals surface area contributed by atoms with Crippen LogP contribution < -0.4 is 0 Å². The van der Waals surface area contributed by atoms with Gasteiger partial charge >= 0.3 is 0 Å². The number of hydrogen-bond donors (Lipinski definition) is 0. The van der Waals surface area contributed by atoms with Crippen LogP contribution in [0.2, 0.25) is 0 Å². The molecule has 0 spiro atoms. The van der Waals surface area contributed by atoms with Gasteiger partial charge in [-0.2, -0.15) is 0 Å². The van der Waals surface area contributed by atoms with Gasteiger partial charge in [-0.05, 0) is 37.3 Å². The number of rotatable bonds is 5. The molecule has 0 atom stereocenters. The fourth-order valence-electron chi connectivity index (χ4n) is 3.99. The SMILES string of the molecule is Cc1c(C)n(CCCN2CCOCC2)c2ncn3nc(-c4cccs4)nc3c12. The summed E-state index contributed by atoms with van der Waals surface area (Å²) in [5.41, 5.74) is 4.40. The molecule has 0 radical (unpaired) electrons. The molecule has 28 heavy (non-hydrogen) atoms. The van der Waals surface area contributed by atoms with Gasteiger partial charge in [0.1, 0.15) is 12.0 Å². The lowest BCUT2D eigenvalue weighted by molar-refractivity contribution is 0.0369. The lowest BCUT2D eigenvalue weighted by Gasteiger charge is -2.26. The van der Waals surface area contributed by atoms with Gasteiger partial charge in [0.05, 0.1) is 23.5 Å². The van der Waals surface area contributed by atoms with Gasteiger partial charge in [0, 0.05) is 31.9 Å². The van der Waals surface area contributed by atoms with E-state index in [1.165, 1.54) is 11.3 Å². The maximum absolute atomic E-state index is 5.44. The van der Waals surface area contributed by atoms with Crippen LogP contribution in [0.25, 0.3) is 27.4 Å². The van der Waals surface area contributed by atoms with Crippen LogP contribution in [-0.4, -0.2) is 61.9 Å². The van der Waals surface area contributed by atoms with Gasteiger partial charge in [-0.15, -0.1) is 16.4 Å². The number of aryl methyl sites for hydroxylation is 2. The minimum Gasteiger partial charge on any atom is -0.379 e. The fourth-order valence-corrected chi connectivity index (χ4v) is 4.64. The second-order valence-corrected chi connectivity index (χ2v) is 8.24. The van der Waals surface area contributed by atoms with Crippen molar-refractivity contribution >= 4 is 28.0 Å². The molecule has 1 aliphatic rings. The first kappa shape index (κ1) is 17.8. The molecule has 0 unspecified atom stereocenters. The Morgan fingerprint density at radius 3 is 2.79 bits per heavy atom. The van der Waals surface area contributed by atoms with Gasteiger partial charge in [-0.1, -0.05) is 6.07 Å². The minimum absolute atomic E-state index is 0.765. The van der Waals surface area contributed by atoms with E-state index < -0.39 is 0 Å².